The Morgan fingerprint density at radius 3 is 2.57 bits per heavy atom. The van der Waals surface area contributed by atoms with Gasteiger partial charge in [-0.25, -0.2) is 0 Å². The van der Waals surface area contributed by atoms with Crippen LogP contribution >= 0.6 is 11.8 Å². The van der Waals surface area contributed by atoms with Gasteiger partial charge in [0.15, 0.2) is 11.0 Å². The van der Waals surface area contributed by atoms with Crippen LogP contribution in [0, 0.1) is 0 Å². The number of carbonyl (C=O) groups excluding carboxylic acids is 1. The molecule has 1 N–H and O–H groups in total. The summed E-state index contributed by atoms with van der Waals surface area (Å²) in [6.45, 7) is 8.54. The Bertz CT molecular complexity index is 1010. The standard InChI is InChI=1S/C23H31N5OS/c1-5-15(3)27(16(4)6-2)21(29)14-30-23-26-25-22(28(23)17-11-12-17)19-13-24-20-10-8-7-9-18(19)20/h7-10,13,15-17,24H,5-6,11-12,14H2,1-4H3/t15-,16-/m1/s1. The first kappa shape index (κ1) is 21.0. The molecule has 1 amide bonds. The summed E-state index contributed by atoms with van der Waals surface area (Å²) in [6, 6.07) is 9.18. The summed E-state index contributed by atoms with van der Waals surface area (Å²) < 4.78 is 2.24. The molecule has 3 aromatic rings. The summed E-state index contributed by atoms with van der Waals surface area (Å²) in [4.78, 5) is 18.5. The molecule has 0 radical (unpaired) electrons. The minimum atomic E-state index is 0.183. The van der Waals surface area contributed by atoms with Crippen LogP contribution in [0.1, 0.15) is 59.4 Å². The third-order valence-corrected chi connectivity index (χ3v) is 7.08. The van der Waals surface area contributed by atoms with E-state index in [4.69, 9.17) is 0 Å². The molecular weight excluding hydrogens is 394 g/mol. The van der Waals surface area contributed by atoms with Crippen LogP contribution in [0.25, 0.3) is 22.3 Å². The quantitative estimate of drug-likeness (QED) is 0.474. The minimum absolute atomic E-state index is 0.183. The second-order valence-corrected chi connectivity index (χ2v) is 9.20. The minimum Gasteiger partial charge on any atom is -0.360 e. The first-order chi connectivity index (χ1) is 14.5. The predicted octanol–water partition coefficient (Wildman–Crippen LogP) is 5.28. The summed E-state index contributed by atoms with van der Waals surface area (Å²) in [5.74, 6) is 1.47. The van der Waals surface area contributed by atoms with Gasteiger partial charge < -0.3 is 9.88 Å². The van der Waals surface area contributed by atoms with Crippen LogP contribution in [-0.4, -0.2) is 48.4 Å². The van der Waals surface area contributed by atoms with Crippen molar-refractivity contribution in [2.75, 3.05) is 5.75 Å². The molecule has 2 atom stereocenters. The van der Waals surface area contributed by atoms with E-state index in [2.05, 4.69) is 59.6 Å². The molecule has 0 saturated heterocycles. The van der Waals surface area contributed by atoms with Gasteiger partial charge in [-0.3, -0.25) is 9.36 Å². The number of benzene rings is 1. The molecule has 2 aromatic heterocycles. The molecule has 1 saturated carbocycles. The summed E-state index contributed by atoms with van der Waals surface area (Å²) in [5.41, 5.74) is 2.17. The third kappa shape index (κ3) is 4.00. The smallest absolute Gasteiger partial charge is 0.233 e. The number of carbonyl (C=O) groups is 1. The van der Waals surface area contributed by atoms with Gasteiger partial charge in [-0.2, -0.15) is 0 Å². The molecule has 0 spiro atoms. The number of rotatable bonds is 9. The average Bonchev–Trinajstić information content (AvgIpc) is 3.37. The molecular formula is C23H31N5OS. The second kappa shape index (κ2) is 8.84. The van der Waals surface area contributed by atoms with Gasteiger partial charge in [0, 0.05) is 40.8 Å². The van der Waals surface area contributed by atoms with Crippen molar-refractivity contribution in [2.24, 2.45) is 0 Å². The molecule has 6 nitrogen and oxygen atoms in total. The van der Waals surface area contributed by atoms with Crippen molar-refractivity contribution >= 4 is 28.6 Å². The number of amides is 1. The molecule has 1 fully saturated rings. The Balaban J connectivity index is 1.58. The lowest BCUT2D eigenvalue weighted by Crippen LogP contribution is -2.45. The van der Waals surface area contributed by atoms with Gasteiger partial charge in [-0.15, -0.1) is 10.2 Å². The van der Waals surface area contributed by atoms with Crippen LogP contribution in [0.2, 0.25) is 0 Å². The lowest BCUT2D eigenvalue weighted by Gasteiger charge is -2.34. The number of nitrogens with zero attached hydrogens (tertiary/aromatic N) is 4. The Hall–Kier alpha value is -2.28. The van der Waals surface area contributed by atoms with E-state index < -0.39 is 0 Å². The van der Waals surface area contributed by atoms with Gasteiger partial charge in [0.05, 0.1) is 5.75 Å². The van der Waals surface area contributed by atoms with Gasteiger partial charge in [0.2, 0.25) is 5.91 Å². The van der Waals surface area contributed by atoms with Gasteiger partial charge in [-0.05, 0) is 45.6 Å². The molecule has 0 bridgehead atoms. The van der Waals surface area contributed by atoms with Crippen molar-refractivity contribution in [3.8, 4) is 11.4 Å². The number of aromatic nitrogens is 4. The van der Waals surface area contributed by atoms with Crippen LogP contribution < -0.4 is 0 Å². The van der Waals surface area contributed by atoms with Gasteiger partial charge >= 0.3 is 0 Å². The van der Waals surface area contributed by atoms with E-state index in [9.17, 15) is 4.79 Å². The number of hydrogen-bond acceptors (Lipinski definition) is 4. The summed E-state index contributed by atoms with van der Waals surface area (Å²) in [5, 5.41) is 11.0. The Morgan fingerprint density at radius 2 is 1.90 bits per heavy atom. The number of H-pyrrole nitrogens is 1. The van der Waals surface area contributed by atoms with Crippen molar-refractivity contribution in [3.63, 3.8) is 0 Å². The van der Waals surface area contributed by atoms with Crippen LogP contribution in [0.3, 0.4) is 0 Å². The highest BCUT2D eigenvalue weighted by molar-refractivity contribution is 7.99. The zero-order valence-corrected chi connectivity index (χ0v) is 19.1. The average molecular weight is 426 g/mol. The largest absolute Gasteiger partial charge is 0.360 e. The molecule has 160 valence electrons. The molecule has 0 aliphatic heterocycles. The molecule has 1 aromatic carbocycles. The molecule has 1 aliphatic carbocycles. The zero-order valence-electron chi connectivity index (χ0n) is 18.3. The summed E-state index contributed by atoms with van der Waals surface area (Å²) >= 11 is 1.52. The fourth-order valence-corrected chi connectivity index (χ4v) is 4.87. The maximum atomic E-state index is 13.1. The van der Waals surface area contributed by atoms with E-state index >= 15 is 0 Å². The van der Waals surface area contributed by atoms with Gasteiger partial charge in [0.25, 0.3) is 0 Å². The van der Waals surface area contributed by atoms with Crippen molar-refractivity contribution in [2.45, 2.75) is 76.7 Å². The van der Waals surface area contributed by atoms with Crippen molar-refractivity contribution < 1.29 is 4.79 Å². The summed E-state index contributed by atoms with van der Waals surface area (Å²) in [7, 11) is 0. The van der Waals surface area contributed by atoms with E-state index in [1.807, 2.05) is 23.2 Å². The highest BCUT2D eigenvalue weighted by Crippen LogP contribution is 2.42. The zero-order chi connectivity index (χ0) is 21.3. The first-order valence-corrected chi connectivity index (χ1v) is 12.0. The normalized spacial score (nSPS) is 16.0. The van der Waals surface area contributed by atoms with E-state index in [1.54, 1.807) is 0 Å². The number of para-hydroxylation sites is 1. The van der Waals surface area contributed by atoms with E-state index in [-0.39, 0.29) is 18.0 Å². The van der Waals surface area contributed by atoms with Crippen molar-refractivity contribution in [1.82, 2.24) is 24.6 Å². The number of thioether (sulfide) groups is 1. The highest BCUT2D eigenvalue weighted by atomic mass is 32.2. The molecule has 2 heterocycles. The van der Waals surface area contributed by atoms with Gasteiger partial charge in [-0.1, -0.05) is 43.8 Å². The van der Waals surface area contributed by atoms with E-state index in [1.165, 1.54) is 11.8 Å². The highest BCUT2D eigenvalue weighted by Gasteiger charge is 2.32. The number of hydrogen-bond donors (Lipinski definition) is 1. The van der Waals surface area contributed by atoms with Crippen molar-refractivity contribution in [3.05, 3.63) is 30.5 Å². The number of nitrogens with one attached hydrogen (secondary N) is 1. The molecule has 7 heteroatoms. The van der Waals surface area contributed by atoms with E-state index in [0.717, 1.165) is 53.1 Å². The molecule has 1 aliphatic rings. The molecule has 30 heavy (non-hydrogen) atoms. The molecule has 0 unspecified atom stereocenters. The van der Waals surface area contributed by atoms with Crippen LogP contribution in [0.4, 0.5) is 0 Å². The fraction of sp³-hybridized carbons (Fsp3) is 0.522. The van der Waals surface area contributed by atoms with Crippen LogP contribution in [-0.2, 0) is 4.79 Å². The monoisotopic (exact) mass is 425 g/mol. The van der Waals surface area contributed by atoms with E-state index in [0.29, 0.717) is 11.8 Å². The maximum Gasteiger partial charge on any atom is 0.233 e. The second-order valence-electron chi connectivity index (χ2n) is 8.26. The topological polar surface area (TPSA) is 66.8 Å². The SMILES string of the molecule is CC[C@@H](C)N(C(=O)CSc1nnc(-c2c[nH]c3ccccc23)n1C1CC1)[C@H](C)CC. The third-order valence-electron chi connectivity index (χ3n) is 6.15. The van der Waals surface area contributed by atoms with Crippen LogP contribution in [0.15, 0.2) is 35.6 Å². The predicted molar refractivity (Wildman–Crippen MR) is 123 cm³/mol. The maximum absolute atomic E-state index is 13.1. The van der Waals surface area contributed by atoms with Gasteiger partial charge in [0.1, 0.15) is 0 Å². The Labute approximate surface area is 182 Å². The lowest BCUT2D eigenvalue weighted by atomic mass is 10.1. The Morgan fingerprint density at radius 1 is 1.20 bits per heavy atom. The number of fused-ring (bicyclic) bond motifs is 1. The lowest BCUT2D eigenvalue weighted by molar-refractivity contribution is -0.132. The summed E-state index contributed by atoms with van der Waals surface area (Å²) in [6.07, 6.45) is 6.22. The van der Waals surface area contributed by atoms with Crippen LogP contribution in [0.5, 0.6) is 0 Å². The molecule has 4 rings (SSSR count). The fourth-order valence-electron chi connectivity index (χ4n) is 4.00. The Kier molecular flexibility index (Phi) is 6.18. The van der Waals surface area contributed by atoms with Crippen molar-refractivity contribution in [1.29, 1.82) is 0 Å². The number of aromatic amines is 1. The first-order valence-electron chi connectivity index (χ1n) is 11.0.